The zero-order chi connectivity index (χ0) is 29.1. The van der Waals surface area contributed by atoms with Crippen molar-refractivity contribution in [1.29, 1.82) is 0 Å². The van der Waals surface area contributed by atoms with Gasteiger partial charge in [0.25, 0.3) is 12.3 Å². The van der Waals surface area contributed by atoms with Crippen LogP contribution in [0, 0.1) is 0 Å². The molecule has 2 bridgehead atoms. The fraction of sp³-hybridized carbons (Fsp3) is 0.333. The molecule has 2 fully saturated rings. The number of thiazole rings is 1. The molecule has 0 radical (unpaired) electrons. The molecule has 42 heavy (non-hydrogen) atoms. The van der Waals surface area contributed by atoms with Crippen LogP contribution in [0.3, 0.4) is 0 Å². The Morgan fingerprint density at radius 2 is 1.88 bits per heavy atom. The number of amides is 1. The Morgan fingerprint density at radius 1 is 1.10 bits per heavy atom. The third-order valence-electron chi connectivity index (χ3n) is 8.06. The van der Waals surface area contributed by atoms with Gasteiger partial charge in [0, 0.05) is 41.5 Å². The summed E-state index contributed by atoms with van der Waals surface area (Å²) >= 11 is 0.896. The highest BCUT2D eigenvalue weighted by Crippen LogP contribution is 2.45. The number of anilines is 1. The van der Waals surface area contributed by atoms with Crippen LogP contribution in [0.4, 0.5) is 14.6 Å². The van der Waals surface area contributed by atoms with Gasteiger partial charge < -0.3 is 10.6 Å². The number of halogens is 2. The Kier molecular flexibility index (Phi) is 6.26. The minimum absolute atomic E-state index is 0.0311. The predicted molar refractivity (Wildman–Crippen MR) is 148 cm³/mol. The van der Waals surface area contributed by atoms with Crippen LogP contribution in [-0.4, -0.2) is 68.4 Å². The van der Waals surface area contributed by atoms with Crippen LogP contribution < -0.4 is 5.73 Å². The first-order chi connectivity index (χ1) is 20.3. The van der Waals surface area contributed by atoms with Crippen LogP contribution in [0.2, 0.25) is 0 Å². The van der Waals surface area contributed by atoms with Gasteiger partial charge in [-0.3, -0.25) is 19.7 Å². The lowest BCUT2D eigenvalue weighted by molar-refractivity contribution is 0.0556. The van der Waals surface area contributed by atoms with Crippen molar-refractivity contribution in [3.8, 4) is 21.8 Å². The van der Waals surface area contributed by atoms with E-state index in [0.717, 1.165) is 30.4 Å². The van der Waals surface area contributed by atoms with Crippen LogP contribution in [-0.2, 0) is 0 Å². The summed E-state index contributed by atoms with van der Waals surface area (Å²) in [6.45, 7) is 1.46. The fourth-order valence-electron chi connectivity index (χ4n) is 6.24. The van der Waals surface area contributed by atoms with Gasteiger partial charge in [0.05, 0.1) is 28.0 Å². The highest BCUT2D eigenvalue weighted by atomic mass is 32.1. The first kappa shape index (κ1) is 26.3. The van der Waals surface area contributed by atoms with Crippen LogP contribution in [0.25, 0.3) is 27.5 Å². The van der Waals surface area contributed by atoms with Crippen LogP contribution in [0.15, 0.2) is 37.1 Å². The number of ketones is 1. The maximum absolute atomic E-state index is 13.1. The van der Waals surface area contributed by atoms with E-state index in [0.29, 0.717) is 51.6 Å². The summed E-state index contributed by atoms with van der Waals surface area (Å²) in [6, 6.07) is 3.44. The number of hydrogen-bond donors (Lipinski definition) is 2. The van der Waals surface area contributed by atoms with Crippen LogP contribution >= 0.6 is 11.3 Å². The number of nitrogens with two attached hydrogens (primary N) is 1. The maximum atomic E-state index is 13.1. The van der Waals surface area contributed by atoms with Crippen molar-refractivity contribution in [2.24, 2.45) is 0 Å². The van der Waals surface area contributed by atoms with E-state index in [2.05, 4.69) is 30.2 Å². The van der Waals surface area contributed by atoms with Gasteiger partial charge in [0.2, 0.25) is 5.82 Å². The van der Waals surface area contributed by atoms with Crippen molar-refractivity contribution in [2.75, 3.05) is 5.73 Å². The number of piperidine rings is 1. The first-order valence-corrected chi connectivity index (χ1v) is 14.2. The minimum atomic E-state index is -2.59. The molecule has 3 N–H and O–H groups in total. The normalized spacial score (nSPS) is 20.1. The maximum Gasteiger partial charge on any atom is 0.294 e. The largest absolute Gasteiger partial charge is 0.383 e. The van der Waals surface area contributed by atoms with Gasteiger partial charge >= 0.3 is 0 Å². The summed E-state index contributed by atoms with van der Waals surface area (Å²) in [6.07, 6.45) is 6.13. The van der Waals surface area contributed by atoms with Gasteiger partial charge in [-0.1, -0.05) is 6.07 Å². The molecule has 0 spiro atoms. The summed E-state index contributed by atoms with van der Waals surface area (Å²) < 4.78 is 27.5. The highest BCUT2D eigenvalue weighted by molar-refractivity contribution is 7.15. The number of aromatic amines is 1. The number of nitrogens with zero attached hydrogens (tertiary/aromatic N) is 8. The molecule has 0 unspecified atom stereocenters. The molecule has 0 aliphatic carbocycles. The molecule has 2 saturated heterocycles. The lowest BCUT2D eigenvalue weighted by Gasteiger charge is -2.38. The van der Waals surface area contributed by atoms with E-state index < -0.39 is 6.43 Å². The Bertz CT molecular complexity index is 1800. The Balaban J connectivity index is 1.24. The molecule has 12 nitrogen and oxygen atoms in total. The monoisotopic (exact) mass is 590 g/mol. The molecule has 2 aliphatic rings. The average molecular weight is 591 g/mol. The fourth-order valence-corrected chi connectivity index (χ4v) is 6.99. The van der Waals surface area contributed by atoms with Crippen molar-refractivity contribution >= 4 is 34.5 Å². The number of carbonyl (C=O) groups is 2. The van der Waals surface area contributed by atoms with E-state index in [9.17, 15) is 18.4 Å². The lowest BCUT2D eigenvalue weighted by Crippen LogP contribution is -2.46. The Labute approximate surface area is 241 Å². The van der Waals surface area contributed by atoms with Gasteiger partial charge in [-0.2, -0.15) is 9.61 Å². The number of carbonyl (C=O) groups excluding carboxylic acids is 2. The molecule has 7 rings (SSSR count). The number of H-pyrrole nitrogens is 1. The number of fused-ring (bicyclic) bond motifs is 3. The number of Topliss-reactive ketones (excluding diaryl/α,β-unsaturated/α-hetero) is 1. The van der Waals surface area contributed by atoms with E-state index in [1.54, 1.807) is 24.5 Å². The van der Waals surface area contributed by atoms with Gasteiger partial charge in [0.15, 0.2) is 11.4 Å². The molecule has 3 atom stereocenters. The summed E-state index contributed by atoms with van der Waals surface area (Å²) in [5.74, 6) is -0.159. The van der Waals surface area contributed by atoms with E-state index in [-0.39, 0.29) is 46.2 Å². The second-order valence-electron chi connectivity index (χ2n) is 10.5. The molecular formula is C27H24F2N10O2S. The molecule has 5 aromatic heterocycles. The molecular weight excluding hydrogens is 566 g/mol. The van der Waals surface area contributed by atoms with Crippen molar-refractivity contribution in [3.05, 3.63) is 59.0 Å². The van der Waals surface area contributed by atoms with Crippen LogP contribution in [0.1, 0.15) is 76.5 Å². The zero-order valence-electron chi connectivity index (χ0n) is 22.2. The van der Waals surface area contributed by atoms with Gasteiger partial charge in [-0.05, 0) is 38.7 Å². The standard InChI is InChI=1S/C27H24F2N10O2S/c1-12(40)20-21(14-6-15-3-4-16(7-14)38(15)27(41)24-33-11-34-37-24)36-25-17(9-35-39(25)23(20)30)13-2-5-18(31-8-13)26-32-10-19(42-26)22(28)29/h2,5,8-11,14-16,22H,3-4,6-7,30H2,1H3,(H,33,34,37)/t14-,15+,16-. The van der Waals surface area contributed by atoms with Gasteiger partial charge in [0.1, 0.15) is 17.2 Å². The Morgan fingerprint density at radius 3 is 2.50 bits per heavy atom. The summed E-state index contributed by atoms with van der Waals surface area (Å²) in [7, 11) is 0. The first-order valence-electron chi connectivity index (χ1n) is 13.4. The topological polar surface area (TPSA) is 161 Å². The number of nitrogen functional groups attached to an aromatic ring is 1. The van der Waals surface area contributed by atoms with E-state index >= 15 is 0 Å². The molecule has 0 saturated carbocycles. The number of rotatable bonds is 6. The number of nitrogens with one attached hydrogen (secondary N) is 1. The zero-order valence-corrected chi connectivity index (χ0v) is 23.1. The van der Waals surface area contributed by atoms with Gasteiger partial charge in [-0.15, -0.1) is 16.4 Å². The number of aromatic nitrogens is 8. The lowest BCUT2D eigenvalue weighted by atomic mass is 9.85. The summed E-state index contributed by atoms with van der Waals surface area (Å²) in [5.41, 5.74) is 9.78. The highest BCUT2D eigenvalue weighted by Gasteiger charge is 2.46. The quantitative estimate of drug-likeness (QED) is 0.275. The van der Waals surface area contributed by atoms with E-state index in [4.69, 9.17) is 10.7 Å². The summed E-state index contributed by atoms with van der Waals surface area (Å²) in [4.78, 5) is 45.3. The average Bonchev–Trinajstić information content (AvgIpc) is 3.79. The number of alkyl halides is 2. The SMILES string of the molecule is CC(=O)c1c([C@H]2C[C@H]3CC[C@@H](C2)N3C(=O)c2nc[nH]n2)nc2c(-c3ccc(-c4ncc(C(F)F)s4)nc3)cnn2c1N. The third-order valence-corrected chi connectivity index (χ3v) is 9.08. The van der Waals surface area contributed by atoms with E-state index in [1.807, 2.05) is 4.90 Å². The van der Waals surface area contributed by atoms with Gasteiger partial charge in [-0.25, -0.2) is 23.7 Å². The smallest absolute Gasteiger partial charge is 0.294 e. The third kappa shape index (κ3) is 4.22. The molecule has 0 aromatic carbocycles. The Hall–Kier alpha value is -4.66. The van der Waals surface area contributed by atoms with Crippen LogP contribution in [0.5, 0.6) is 0 Å². The second-order valence-corrected chi connectivity index (χ2v) is 11.6. The number of hydrogen-bond acceptors (Lipinski definition) is 10. The molecule has 5 aromatic rings. The van der Waals surface area contributed by atoms with Crippen molar-refractivity contribution in [1.82, 2.24) is 44.6 Å². The molecule has 1 amide bonds. The summed E-state index contributed by atoms with van der Waals surface area (Å²) in [5, 5.41) is 11.4. The molecule has 7 heterocycles. The van der Waals surface area contributed by atoms with Crippen molar-refractivity contribution in [2.45, 2.75) is 57.0 Å². The predicted octanol–water partition coefficient (Wildman–Crippen LogP) is 4.31. The van der Waals surface area contributed by atoms with Crippen molar-refractivity contribution in [3.63, 3.8) is 0 Å². The van der Waals surface area contributed by atoms with E-state index in [1.165, 1.54) is 17.8 Å². The number of pyridine rings is 1. The second kappa shape index (κ2) is 10.0. The molecule has 214 valence electrons. The molecule has 15 heteroatoms. The molecule has 2 aliphatic heterocycles. The van der Waals surface area contributed by atoms with Crippen molar-refractivity contribution < 1.29 is 18.4 Å². The minimum Gasteiger partial charge on any atom is -0.383 e.